The summed E-state index contributed by atoms with van der Waals surface area (Å²) in [5.74, 6) is -0.324. The highest BCUT2D eigenvalue weighted by Crippen LogP contribution is 2.26. The van der Waals surface area contributed by atoms with Crippen LogP contribution in [0.25, 0.3) is 10.8 Å². The Morgan fingerprint density at radius 2 is 2.00 bits per heavy atom. The summed E-state index contributed by atoms with van der Waals surface area (Å²) in [5, 5.41) is 20.0. The molecule has 1 heterocycles. The molecule has 0 aliphatic rings. The third-order valence-electron chi connectivity index (χ3n) is 2.90. The number of hydrogen-bond donors (Lipinski definition) is 2. The SMILES string of the molecule is CC(O)CN(C)c1ncc(C(=O)O)c2ccccc12. The third kappa shape index (κ3) is 2.66. The minimum absolute atomic E-state index is 0.185. The van der Waals surface area contributed by atoms with Gasteiger partial charge in [0.05, 0.1) is 11.7 Å². The Balaban J connectivity index is 2.58. The summed E-state index contributed by atoms with van der Waals surface area (Å²) in [7, 11) is 1.82. The molecule has 2 aromatic rings. The number of aromatic carboxylic acids is 1. The van der Waals surface area contributed by atoms with Crippen molar-refractivity contribution in [2.45, 2.75) is 13.0 Å². The number of hydrogen-bond acceptors (Lipinski definition) is 4. The van der Waals surface area contributed by atoms with Crippen LogP contribution in [-0.2, 0) is 0 Å². The standard InChI is InChI=1S/C14H16N2O3/c1-9(17)8-16(2)13-11-6-4-3-5-10(11)12(7-15-13)14(18)19/h3-7,9,17H,8H2,1-2H3,(H,18,19). The minimum Gasteiger partial charge on any atom is -0.478 e. The summed E-state index contributed by atoms with van der Waals surface area (Å²) in [6.07, 6.45) is 0.878. The molecule has 19 heavy (non-hydrogen) atoms. The molecule has 2 rings (SSSR count). The first-order valence-electron chi connectivity index (χ1n) is 6.01. The molecule has 2 N–H and O–H groups in total. The van der Waals surface area contributed by atoms with E-state index in [9.17, 15) is 9.90 Å². The van der Waals surface area contributed by atoms with Crippen LogP contribution in [0.4, 0.5) is 5.82 Å². The van der Waals surface area contributed by atoms with Crippen molar-refractivity contribution < 1.29 is 15.0 Å². The first-order valence-corrected chi connectivity index (χ1v) is 6.01. The Labute approximate surface area is 111 Å². The molecule has 0 aliphatic carbocycles. The Morgan fingerprint density at radius 1 is 1.37 bits per heavy atom. The summed E-state index contributed by atoms with van der Waals surface area (Å²) in [6, 6.07) is 7.24. The van der Waals surface area contributed by atoms with E-state index in [1.165, 1.54) is 6.20 Å². The second-order valence-corrected chi connectivity index (χ2v) is 4.58. The topological polar surface area (TPSA) is 73.7 Å². The summed E-state index contributed by atoms with van der Waals surface area (Å²) in [5.41, 5.74) is 0.185. The number of rotatable bonds is 4. The van der Waals surface area contributed by atoms with E-state index in [0.717, 1.165) is 5.39 Å². The number of carbonyl (C=O) groups is 1. The number of fused-ring (bicyclic) bond motifs is 1. The number of aliphatic hydroxyl groups is 1. The minimum atomic E-state index is -0.992. The van der Waals surface area contributed by atoms with Gasteiger partial charge in [-0.05, 0) is 6.92 Å². The summed E-state index contributed by atoms with van der Waals surface area (Å²) >= 11 is 0. The molecule has 0 spiro atoms. The largest absolute Gasteiger partial charge is 0.478 e. The van der Waals surface area contributed by atoms with Crippen LogP contribution in [0, 0.1) is 0 Å². The average Bonchev–Trinajstić information content (AvgIpc) is 2.36. The smallest absolute Gasteiger partial charge is 0.337 e. The molecular weight excluding hydrogens is 244 g/mol. The Morgan fingerprint density at radius 3 is 2.58 bits per heavy atom. The van der Waals surface area contributed by atoms with E-state index in [0.29, 0.717) is 17.7 Å². The molecule has 1 atom stereocenters. The molecule has 5 nitrogen and oxygen atoms in total. The maximum absolute atomic E-state index is 11.2. The van der Waals surface area contributed by atoms with Gasteiger partial charge in [0.2, 0.25) is 0 Å². The molecule has 0 saturated carbocycles. The second-order valence-electron chi connectivity index (χ2n) is 4.58. The van der Waals surface area contributed by atoms with Crippen LogP contribution < -0.4 is 4.90 Å². The van der Waals surface area contributed by atoms with E-state index in [2.05, 4.69) is 4.98 Å². The molecule has 0 aliphatic heterocycles. The zero-order valence-corrected chi connectivity index (χ0v) is 10.9. The fourth-order valence-corrected chi connectivity index (χ4v) is 2.14. The van der Waals surface area contributed by atoms with Crippen molar-refractivity contribution in [2.24, 2.45) is 0 Å². The zero-order chi connectivity index (χ0) is 14.0. The fourth-order valence-electron chi connectivity index (χ4n) is 2.14. The number of aromatic nitrogens is 1. The summed E-state index contributed by atoms with van der Waals surface area (Å²) in [4.78, 5) is 17.2. The monoisotopic (exact) mass is 260 g/mol. The lowest BCUT2D eigenvalue weighted by atomic mass is 10.1. The van der Waals surface area contributed by atoms with Crippen LogP contribution in [0.5, 0.6) is 0 Å². The van der Waals surface area contributed by atoms with E-state index in [1.807, 2.05) is 24.1 Å². The van der Waals surface area contributed by atoms with Gasteiger partial charge in [-0.3, -0.25) is 0 Å². The Hall–Kier alpha value is -2.14. The van der Waals surface area contributed by atoms with Crippen molar-refractivity contribution >= 4 is 22.6 Å². The van der Waals surface area contributed by atoms with Gasteiger partial charge in [-0.25, -0.2) is 9.78 Å². The van der Waals surface area contributed by atoms with Gasteiger partial charge in [0, 0.05) is 30.6 Å². The maximum atomic E-state index is 11.2. The molecular formula is C14H16N2O3. The van der Waals surface area contributed by atoms with Gasteiger partial charge in [0.25, 0.3) is 0 Å². The molecule has 0 bridgehead atoms. The first-order chi connectivity index (χ1) is 9.00. The molecule has 0 saturated heterocycles. The van der Waals surface area contributed by atoms with Gasteiger partial charge < -0.3 is 15.1 Å². The maximum Gasteiger partial charge on any atom is 0.337 e. The van der Waals surface area contributed by atoms with Gasteiger partial charge in [0.1, 0.15) is 5.82 Å². The normalized spacial score (nSPS) is 12.4. The Kier molecular flexibility index (Phi) is 3.66. The predicted molar refractivity (Wildman–Crippen MR) is 73.7 cm³/mol. The fraction of sp³-hybridized carbons (Fsp3) is 0.286. The van der Waals surface area contributed by atoms with Crippen LogP contribution in [-0.4, -0.2) is 40.9 Å². The second kappa shape index (κ2) is 5.24. The van der Waals surface area contributed by atoms with Gasteiger partial charge in [-0.2, -0.15) is 0 Å². The number of nitrogens with zero attached hydrogens (tertiary/aromatic N) is 2. The number of aliphatic hydroxyl groups excluding tert-OH is 1. The quantitative estimate of drug-likeness (QED) is 0.876. The number of likely N-dealkylation sites (N-methyl/N-ethyl adjacent to an activating group) is 1. The van der Waals surface area contributed by atoms with E-state index in [4.69, 9.17) is 5.11 Å². The molecule has 0 radical (unpaired) electrons. The Bertz CT molecular complexity index is 611. The number of carboxylic acid groups (broad SMARTS) is 1. The zero-order valence-electron chi connectivity index (χ0n) is 10.9. The van der Waals surface area contributed by atoms with Crippen LogP contribution in [0.15, 0.2) is 30.5 Å². The van der Waals surface area contributed by atoms with Crippen molar-refractivity contribution in [3.05, 3.63) is 36.0 Å². The summed E-state index contributed by atoms with van der Waals surface area (Å²) < 4.78 is 0. The lowest BCUT2D eigenvalue weighted by molar-refractivity contribution is 0.0698. The van der Waals surface area contributed by atoms with Crippen molar-refractivity contribution in [1.82, 2.24) is 4.98 Å². The third-order valence-corrected chi connectivity index (χ3v) is 2.90. The van der Waals surface area contributed by atoms with Crippen molar-refractivity contribution in [3.8, 4) is 0 Å². The van der Waals surface area contributed by atoms with Gasteiger partial charge in [-0.15, -0.1) is 0 Å². The molecule has 100 valence electrons. The van der Waals surface area contributed by atoms with Gasteiger partial charge in [-0.1, -0.05) is 24.3 Å². The average molecular weight is 260 g/mol. The van der Waals surface area contributed by atoms with E-state index in [1.54, 1.807) is 19.1 Å². The van der Waals surface area contributed by atoms with Crippen LogP contribution in [0.2, 0.25) is 0 Å². The molecule has 0 fully saturated rings. The lowest BCUT2D eigenvalue weighted by Crippen LogP contribution is -2.27. The molecule has 1 aromatic carbocycles. The lowest BCUT2D eigenvalue weighted by Gasteiger charge is -2.21. The highest BCUT2D eigenvalue weighted by atomic mass is 16.4. The summed E-state index contributed by atoms with van der Waals surface area (Å²) in [6.45, 7) is 2.13. The van der Waals surface area contributed by atoms with Crippen LogP contribution in [0.3, 0.4) is 0 Å². The molecule has 0 amide bonds. The van der Waals surface area contributed by atoms with Crippen LogP contribution >= 0.6 is 0 Å². The van der Waals surface area contributed by atoms with Crippen LogP contribution in [0.1, 0.15) is 17.3 Å². The molecule has 1 aromatic heterocycles. The number of pyridine rings is 1. The van der Waals surface area contributed by atoms with E-state index < -0.39 is 12.1 Å². The number of benzene rings is 1. The van der Waals surface area contributed by atoms with Gasteiger partial charge in [0.15, 0.2) is 0 Å². The van der Waals surface area contributed by atoms with Crippen molar-refractivity contribution in [1.29, 1.82) is 0 Å². The highest BCUT2D eigenvalue weighted by molar-refractivity contribution is 6.06. The molecule has 5 heteroatoms. The van der Waals surface area contributed by atoms with Crippen molar-refractivity contribution in [3.63, 3.8) is 0 Å². The first kappa shape index (κ1) is 13.3. The van der Waals surface area contributed by atoms with E-state index in [-0.39, 0.29) is 5.56 Å². The predicted octanol–water partition coefficient (Wildman–Crippen LogP) is 1.75. The number of carboxylic acids is 1. The molecule has 1 unspecified atom stereocenters. The van der Waals surface area contributed by atoms with Gasteiger partial charge >= 0.3 is 5.97 Å². The van der Waals surface area contributed by atoms with Crippen molar-refractivity contribution in [2.75, 3.05) is 18.5 Å². The van der Waals surface area contributed by atoms with E-state index >= 15 is 0 Å². The highest BCUT2D eigenvalue weighted by Gasteiger charge is 2.15. The number of anilines is 1.